The van der Waals surface area contributed by atoms with Gasteiger partial charge in [-0.2, -0.15) is 11.8 Å². The SMILES string of the molecule is CSCCOC(=O)CCn1c(=O)oc2ccccc21. The van der Waals surface area contributed by atoms with Crippen LogP contribution in [0.15, 0.2) is 33.5 Å². The van der Waals surface area contributed by atoms with Gasteiger partial charge in [0.1, 0.15) is 6.61 Å². The Kier molecular flexibility index (Phi) is 4.68. The van der Waals surface area contributed by atoms with Crippen LogP contribution < -0.4 is 5.76 Å². The third-order valence-corrected chi connectivity index (χ3v) is 3.24. The molecular weight excluding hydrogens is 266 g/mol. The van der Waals surface area contributed by atoms with Crippen molar-refractivity contribution >= 4 is 28.8 Å². The molecule has 2 rings (SSSR count). The molecule has 5 nitrogen and oxygen atoms in total. The van der Waals surface area contributed by atoms with Crippen molar-refractivity contribution in [1.82, 2.24) is 4.57 Å². The van der Waals surface area contributed by atoms with Crippen molar-refractivity contribution in [3.63, 3.8) is 0 Å². The van der Waals surface area contributed by atoms with Gasteiger partial charge in [-0.3, -0.25) is 9.36 Å². The molecule has 102 valence electrons. The van der Waals surface area contributed by atoms with Gasteiger partial charge >= 0.3 is 11.7 Å². The van der Waals surface area contributed by atoms with Crippen LogP contribution >= 0.6 is 11.8 Å². The van der Waals surface area contributed by atoms with E-state index < -0.39 is 5.76 Å². The Morgan fingerprint density at radius 3 is 3.00 bits per heavy atom. The lowest BCUT2D eigenvalue weighted by Gasteiger charge is -2.04. The third kappa shape index (κ3) is 3.41. The van der Waals surface area contributed by atoms with E-state index in [4.69, 9.17) is 9.15 Å². The van der Waals surface area contributed by atoms with E-state index in [1.165, 1.54) is 4.57 Å². The van der Waals surface area contributed by atoms with E-state index in [0.29, 0.717) is 17.7 Å². The highest BCUT2D eigenvalue weighted by Crippen LogP contribution is 2.12. The summed E-state index contributed by atoms with van der Waals surface area (Å²) in [6.45, 7) is 0.676. The molecule has 1 aromatic heterocycles. The normalized spacial score (nSPS) is 10.8. The molecule has 0 fully saturated rings. The van der Waals surface area contributed by atoms with E-state index in [0.717, 1.165) is 5.75 Å². The van der Waals surface area contributed by atoms with Crippen molar-refractivity contribution in [2.45, 2.75) is 13.0 Å². The zero-order valence-electron chi connectivity index (χ0n) is 10.6. The van der Waals surface area contributed by atoms with E-state index in [1.807, 2.05) is 12.3 Å². The summed E-state index contributed by atoms with van der Waals surface area (Å²) in [6.07, 6.45) is 2.11. The number of ether oxygens (including phenoxy) is 1. The number of aromatic nitrogens is 1. The zero-order valence-corrected chi connectivity index (χ0v) is 11.4. The molecule has 0 saturated heterocycles. The van der Waals surface area contributed by atoms with Crippen LogP contribution in [-0.4, -0.2) is 29.2 Å². The maximum absolute atomic E-state index is 11.7. The van der Waals surface area contributed by atoms with E-state index in [9.17, 15) is 9.59 Å². The second-order valence-electron chi connectivity index (χ2n) is 3.95. The maximum atomic E-state index is 11.7. The van der Waals surface area contributed by atoms with E-state index in [1.54, 1.807) is 30.0 Å². The van der Waals surface area contributed by atoms with Gasteiger partial charge in [0.05, 0.1) is 11.9 Å². The lowest BCUT2D eigenvalue weighted by atomic mass is 10.3. The number of benzene rings is 1. The molecule has 0 unspecified atom stereocenters. The standard InChI is InChI=1S/C13H15NO4S/c1-19-9-8-17-12(15)6-7-14-10-4-2-3-5-11(10)18-13(14)16/h2-5H,6-9H2,1H3. The number of fused-ring (bicyclic) bond motifs is 1. The average molecular weight is 281 g/mol. The van der Waals surface area contributed by atoms with Crippen molar-refractivity contribution in [2.24, 2.45) is 0 Å². The molecule has 0 bridgehead atoms. The van der Waals surface area contributed by atoms with Crippen molar-refractivity contribution < 1.29 is 13.9 Å². The number of carbonyl (C=O) groups is 1. The third-order valence-electron chi connectivity index (χ3n) is 2.66. The smallest absolute Gasteiger partial charge is 0.419 e. The lowest BCUT2D eigenvalue weighted by molar-refractivity contribution is -0.143. The number of para-hydroxylation sites is 2. The number of hydrogen-bond acceptors (Lipinski definition) is 5. The fourth-order valence-corrected chi connectivity index (χ4v) is 1.99. The van der Waals surface area contributed by atoms with Crippen LogP contribution in [0.4, 0.5) is 0 Å². The second kappa shape index (κ2) is 6.47. The van der Waals surface area contributed by atoms with Gasteiger partial charge < -0.3 is 9.15 Å². The molecule has 1 aromatic carbocycles. The summed E-state index contributed by atoms with van der Waals surface area (Å²) in [5, 5.41) is 0. The fraction of sp³-hybridized carbons (Fsp3) is 0.385. The Bertz CT molecular complexity index is 616. The molecule has 0 amide bonds. The summed E-state index contributed by atoms with van der Waals surface area (Å²) in [5.74, 6) is 0.0321. The minimum Gasteiger partial charge on any atom is -0.465 e. The Morgan fingerprint density at radius 1 is 1.42 bits per heavy atom. The number of hydrogen-bond donors (Lipinski definition) is 0. The first kappa shape index (κ1) is 13.7. The Morgan fingerprint density at radius 2 is 2.21 bits per heavy atom. The quantitative estimate of drug-likeness (QED) is 0.597. The molecule has 0 aliphatic heterocycles. The largest absolute Gasteiger partial charge is 0.465 e. The first-order chi connectivity index (χ1) is 9.22. The predicted octanol–water partition coefficient (Wildman–Crippen LogP) is 1.89. The molecule has 0 spiro atoms. The van der Waals surface area contributed by atoms with Crippen LogP contribution in [0, 0.1) is 0 Å². The topological polar surface area (TPSA) is 61.4 Å². The van der Waals surface area contributed by atoms with Gasteiger partial charge in [0.15, 0.2) is 5.58 Å². The molecule has 0 radical (unpaired) electrons. The minimum atomic E-state index is -0.446. The number of carbonyl (C=O) groups excluding carboxylic acids is 1. The molecule has 0 atom stereocenters. The molecule has 0 N–H and O–H groups in total. The molecule has 19 heavy (non-hydrogen) atoms. The number of aryl methyl sites for hydroxylation is 1. The molecule has 0 aliphatic carbocycles. The molecule has 0 saturated carbocycles. The summed E-state index contributed by atoms with van der Waals surface area (Å²) in [7, 11) is 0. The second-order valence-corrected chi connectivity index (χ2v) is 4.94. The molecule has 0 aliphatic rings. The van der Waals surface area contributed by atoms with Crippen molar-refractivity contribution in [1.29, 1.82) is 0 Å². The highest BCUT2D eigenvalue weighted by molar-refractivity contribution is 7.98. The summed E-state index contributed by atoms with van der Waals surface area (Å²) in [5.41, 5.74) is 1.23. The van der Waals surface area contributed by atoms with Crippen molar-refractivity contribution in [3.8, 4) is 0 Å². The zero-order chi connectivity index (χ0) is 13.7. The van der Waals surface area contributed by atoms with Crippen LogP contribution in [0.2, 0.25) is 0 Å². The van der Waals surface area contributed by atoms with Crippen LogP contribution in [0.3, 0.4) is 0 Å². The summed E-state index contributed by atoms with van der Waals surface area (Å²) >= 11 is 1.62. The van der Waals surface area contributed by atoms with E-state index in [-0.39, 0.29) is 18.9 Å². The molecule has 2 aromatic rings. The molecule has 1 heterocycles. The Hall–Kier alpha value is -1.69. The number of oxazole rings is 1. The van der Waals surface area contributed by atoms with Gasteiger partial charge in [-0.15, -0.1) is 0 Å². The first-order valence-electron chi connectivity index (χ1n) is 5.95. The van der Waals surface area contributed by atoms with Gasteiger partial charge in [-0.25, -0.2) is 4.79 Å². The number of esters is 1. The predicted molar refractivity (Wildman–Crippen MR) is 74.4 cm³/mol. The Balaban J connectivity index is 2.00. The van der Waals surface area contributed by atoms with Gasteiger partial charge in [-0.05, 0) is 18.4 Å². The van der Waals surface area contributed by atoms with Gasteiger partial charge in [0.25, 0.3) is 0 Å². The summed E-state index contributed by atoms with van der Waals surface area (Å²) in [4.78, 5) is 23.1. The highest BCUT2D eigenvalue weighted by Gasteiger charge is 2.10. The van der Waals surface area contributed by atoms with Crippen LogP contribution in [0.1, 0.15) is 6.42 Å². The van der Waals surface area contributed by atoms with Crippen molar-refractivity contribution in [2.75, 3.05) is 18.6 Å². The number of rotatable bonds is 6. The van der Waals surface area contributed by atoms with Crippen LogP contribution in [0.5, 0.6) is 0 Å². The summed E-state index contributed by atoms with van der Waals surface area (Å²) < 4.78 is 11.6. The van der Waals surface area contributed by atoms with Gasteiger partial charge in [-0.1, -0.05) is 12.1 Å². The lowest BCUT2D eigenvalue weighted by Crippen LogP contribution is -2.18. The van der Waals surface area contributed by atoms with Crippen molar-refractivity contribution in [3.05, 3.63) is 34.8 Å². The van der Waals surface area contributed by atoms with Gasteiger partial charge in [0.2, 0.25) is 0 Å². The van der Waals surface area contributed by atoms with E-state index >= 15 is 0 Å². The van der Waals surface area contributed by atoms with E-state index in [2.05, 4.69) is 0 Å². The molecular formula is C13H15NO4S. The van der Waals surface area contributed by atoms with Crippen LogP contribution in [-0.2, 0) is 16.1 Å². The fourth-order valence-electron chi connectivity index (χ4n) is 1.74. The average Bonchev–Trinajstić information content (AvgIpc) is 2.72. The number of nitrogens with zero attached hydrogens (tertiary/aromatic N) is 1. The van der Waals surface area contributed by atoms with Crippen LogP contribution in [0.25, 0.3) is 11.1 Å². The Labute approximate surface area is 114 Å². The minimum absolute atomic E-state index is 0.164. The van der Waals surface area contributed by atoms with Gasteiger partial charge in [0, 0.05) is 12.3 Å². The monoisotopic (exact) mass is 281 g/mol. The number of thioether (sulfide) groups is 1. The highest BCUT2D eigenvalue weighted by atomic mass is 32.2. The summed E-state index contributed by atoms with van der Waals surface area (Å²) in [6, 6.07) is 7.14. The first-order valence-corrected chi connectivity index (χ1v) is 7.34. The molecule has 6 heteroatoms. The maximum Gasteiger partial charge on any atom is 0.419 e.